The molecule has 6 nitrogen and oxygen atoms in total. The summed E-state index contributed by atoms with van der Waals surface area (Å²) in [6, 6.07) is -0.730. The van der Waals surface area contributed by atoms with Crippen molar-refractivity contribution in [3.8, 4) is 0 Å². The number of hydrogen-bond acceptors (Lipinski definition) is 6. The third-order valence-corrected chi connectivity index (χ3v) is 1.81. The molecule has 6 heteroatoms. The highest BCUT2D eigenvalue weighted by molar-refractivity contribution is 5.76. The molecule has 0 aliphatic rings. The Morgan fingerprint density at radius 1 is 1.35 bits per heavy atom. The van der Waals surface area contributed by atoms with Gasteiger partial charge in [-0.15, -0.1) is 0 Å². The molecule has 0 aromatic heterocycles. The number of carbonyl (C=O) groups excluding carboxylic acids is 2. The average Bonchev–Trinajstić information content (AvgIpc) is 2.21. The molecule has 0 radical (unpaired) electrons. The van der Waals surface area contributed by atoms with Crippen molar-refractivity contribution in [2.24, 2.45) is 5.73 Å². The van der Waals surface area contributed by atoms with Crippen LogP contribution in [0.25, 0.3) is 0 Å². The van der Waals surface area contributed by atoms with E-state index in [1.807, 2.05) is 0 Å². The lowest BCUT2D eigenvalue weighted by molar-refractivity contribution is -0.156. The van der Waals surface area contributed by atoms with Gasteiger partial charge in [-0.2, -0.15) is 0 Å². The summed E-state index contributed by atoms with van der Waals surface area (Å²) in [6.07, 6.45) is 0.248. The summed E-state index contributed by atoms with van der Waals surface area (Å²) in [6.45, 7) is 6.03. The van der Waals surface area contributed by atoms with Crippen LogP contribution in [0.15, 0.2) is 0 Å². The standard InChI is InChI=1S/C11H22N2O4/c1-11(2,3)17-10(15)8(12)7-13-6-5-9(14)16-4/h8,13H,5-7,12H2,1-4H3. The molecule has 0 saturated carbocycles. The lowest BCUT2D eigenvalue weighted by Crippen LogP contribution is -2.44. The summed E-state index contributed by atoms with van der Waals surface area (Å²) in [7, 11) is 1.33. The summed E-state index contributed by atoms with van der Waals surface area (Å²) >= 11 is 0. The Balaban J connectivity index is 3.75. The Hall–Kier alpha value is -1.14. The number of esters is 2. The summed E-state index contributed by atoms with van der Waals surface area (Å²) in [4.78, 5) is 22.3. The van der Waals surface area contributed by atoms with Crippen LogP contribution >= 0.6 is 0 Å². The van der Waals surface area contributed by atoms with E-state index < -0.39 is 17.6 Å². The summed E-state index contributed by atoms with van der Waals surface area (Å²) < 4.78 is 9.57. The van der Waals surface area contributed by atoms with Gasteiger partial charge in [0.2, 0.25) is 0 Å². The molecular weight excluding hydrogens is 224 g/mol. The van der Waals surface area contributed by atoms with Gasteiger partial charge < -0.3 is 20.5 Å². The maximum Gasteiger partial charge on any atom is 0.324 e. The molecule has 0 spiro atoms. The minimum Gasteiger partial charge on any atom is -0.469 e. The van der Waals surface area contributed by atoms with Gasteiger partial charge in [0.1, 0.15) is 11.6 Å². The molecule has 100 valence electrons. The molecule has 0 fully saturated rings. The highest BCUT2D eigenvalue weighted by Gasteiger charge is 2.21. The third kappa shape index (κ3) is 8.65. The van der Waals surface area contributed by atoms with Crippen LogP contribution in [0, 0.1) is 0 Å². The van der Waals surface area contributed by atoms with Crippen LogP contribution in [0.5, 0.6) is 0 Å². The van der Waals surface area contributed by atoms with E-state index in [0.29, 0.717) is 6.54 Å². The Morgan fingerprint density at radius 2 is 1.94 bits per heavy atom. The molecule has 0 aromatic carbocycles. The second-order valence-electron chi connectivity index (χ2n) is 4.67. The second-order valence-corrected chi connectivity index (χ2v) is 4.67. The highest BCUT2D eigenvalue weighted by atomic mass is 16.6. The molecule has 17 heavy (non-hydrogen) atoms. The molecule has 0 amide bonds. The van der Waals surface area contributed by atoms with E-state index in [-0.39, 0.29) is 18.9 Å². The van der Waals surface area contributed by atoms with E-state index >= 15 is 0 Å². The van der Waals surface area contributed by atoms with Gasteiger partial charge in [-0.1, -0.05) is 0 Å². The maximum atomic E-state index is 11.5. The Labute approximate surface area is 102 Å². The van der Waals surface area contributed by atoms with E-state index in [4.69, 9.17) is 10.5 Å². The predicted octanol–water partition coefficient (Wildman–Crippen LogP) is -0.192. The van der Waals surface area contributed by atoms with Crippen LogP contribution in [0.3, 0.4) is 0 Å². The van der Waals surface area contributed by atoms with Crippen molar-refractivity contribution in [3.05, 3.63) is 0 Å². The minimum atomic E-state index is -0.730. The molecule has 0 aliphatic carbocycles. The normalized spacial score (nSPS) is 13.0. The van der Waals surface area contributed by atoms with Crippen LogP contribution < -0.4 is 11.1 Å². The van der Waals surface area contributed by atoms with Gasteiger partial charge in [0.25, 0.3) is 0 Å². The first-order valence-electron chi connectivity index (χ1n) is 5.52. The third-order valence-electron chi connectivity index (χ3n) is 1.81. The highest BCUT2D eigenvalue weighted by Crippen LogP contribution is 2.07. The van der Waals surface area contributed by atoms with Crippen molar-refractivity contribution in [2.75, 3.05) is 20.2 Å². The summed E-state index contributed by atoms with van der Waals surface area (Å²) in [5, 5.41) is 2.89. The van der Waals surface area contributed by atoms with E-state index in [9.17, 15) is 9.59 Å². The molecule has 0 heterocycles. The number of hydrogen-bond donors (Lipinski definition) is 2. The van der Waals surface area contributed by atoms with Crippen molar-refractivity contribution < 1.29 is 19.1 Å². The Morgan fingerprint density at radius 3 is 2.41 bits per heavy atom. The maximum absolute atomic E-state index is 11.5. The largest absolute Gasteiger partial charge is 0.469 e. The van der Waals surface area contributed by atoms with Crippen LogP contribution in [-0.2, 0) is 19.1 Å². The quantitative estimate of drug-likeness (QED) is 0.498. The fraction of sp³-hybridized carbons (Fsp3) is 0.818. The van der Waals surface area contributed by atoms with Crippen LogP contribution in [0.4, 0.5) is 0 Å². The number of carbonyl (C=O) groups is 2. The first-order valence-corrected chi connectivity index (χ1v) is 5.52. The Bertz CT molecular complexity index is 261. The van der Waals surface area contributed by atoms with E-state index in [1.165, 1.54) is 7.11 Å². The smallest absolute Gasteiger partial charge is 0.324 e. The first-order chi connectivity index (χ1) is 7.76. The Kier molecular flexibility index (Phi) is 6.75. The second kappa shape index (κ2) is 7.24. The van der Waals surface area contributed by atoms with Crippen molar-refractivity contribution in [3.63, 3.8) is 0 Å². The zero-order chi connectivity index (χ0) is 13.5. The molecular formula is C11H22N2O4. The molecule has 0 bridgehead atoms. The van der Waals surface area contributed by atoms with Gasteiger partial charge in [0.15, 0.2) is 0 Å². The molecule has 0 aromatic rings. The fourth-order valence-corrected chi connectivity index (χ4v) is 1.01. The molecule has 1 atom stereocenters. The van der Waals surface area contributed by atoms with Gasteiger partial charge in [0.05, 0.1) is 13.5 Å². The van der Waals surface area contributed by atoms with Crippen molar-refractivity contribution in [2.45, 2.75) is 38.8 Å². The lowest BCUT2D eigenvalue weighted by atomic mass is 10.2. The number of nitrogens with one attached hydrogen (secondary N) is 1. The van der Waals surface area contributed by atoms with Gasteiger partial charge in [-0.25, -0.2) is 0 Å². The molecule has 0 aliphatic heterocycles. The molecule has 3 N–H and O–H groups in total. The van der Waals surface area contributed by atoms with Crippen LogP contribution in [0.1, 0.15) is 27.2 Å². The predicted molar refractivity (Wildman–Crippen MR) is 63.3 cm³/mol. The molecule has 0 saturated heterocycles. The molecule has 1 unspecified atom stereocenters. The number of methoxy groups -OCH3 is 1. The van der Waals surface area contributed by atoms with Crippen LogP contribution in [-0.4, -0.2) is 43.8 Å². The van der Waals surface area contributed by atoms with Crippen molar-refractivity contribution >= 4 is 11.9 Å². The zero-order valence-corrected chi connectivity index (χ0v) is 10.9. The first kappa shape index (κ1) is 15.9. The fourth-order valence-electron chi connectivity index (χ4n) is 1.01. The van der Waals surface area contributed by atoms with E-state index in [2.05, 4.69) is 10.1 Å². The lowest BCUT2D eigenvalue weighted by Gasteiger charge is -2.22. The van der Waals surface area contributed by atoms with Crippen molar-refractivity contribution in [1.82, 2.24) is 5.32 Å². The number of rotatable bonds is 6. The van der Waals surface area contributed by atoms with Crippen molar-refractivity contribution in [1.29, 1.82) is 0 Å². The number of ether oxygens (including phenoxy) is 2. The zero-order valence-electron chi connectivity index (χ0n) is 10.9. The summed E-state index contributed by atoms with van der Waals surface area (Å²) in [5.74, 6) is -0.758. The van der Waals surface area contributed by atoms with Gasteiger partial charge in [-0.05, 0) is 20.8 Å². The average molecular weight is 246 g/mol. The minimum absolute atomic E-state index is 0.248. The topological polar surface area (TPSA) is 90.6 Å². The van der Waals surface area contributed by atoms with Gasteiger partial charge >= 0.3 is 11.9 Å². The SMILES string of the molecule is COC(=O)CCNCC(N)C(=O)OC(C)(C)C. The van der Waals surface area contributed by atoms with E-state index in [1.54, 1.807) is 20.8 Å². The molecule has 0 rings (SSSR count). The van der Waals surface area contributed by atoms with Crippen LogP contribution in [0.2, 0.25) is 0 Å². The van der Waals surface area contributed by atoms with Gasteiger partial charge in [0, 0.05) is 13.1 Å². The van der Waals surface area contributed by atoms with E-state index in [0.717, 1.165) is 0 Å². The number of nitrogens with two attached hydrogens (primary N) is 1. The summed E-state index contributed by atoms with van der Waals surface area (Å²) in [5.41, 5.74) is 5.08. The van der Waals surface area contributed by atoms with Gasteiger partial charge in [-0.3, -0.25) is 9.59 Å². The monoisotopic (exact) mass is 246 g/mol.